The van der Waals surface area contributed by atoms with Gasteiger partial charge in [-0.25, -0.2) is 0 Å². The highest BCUT2D eigenvalue weighted by Crippen LogP contribution is 2.33. The van der Waals surface area contributed by atoms with Crippen LogP contribution in [0.25, 0.3) is 0 Å². The first kappa shape index (κ1) is 15.9. The molecule has 6 nitrogen and oxygen atoms in total. The van der Waals surface area contributed by atoms with Crippen molar-refractivity contribution in [1.29, 1.82) is 0 Å². The Kier molecular flexibility index (Phi) is 4.37. The van der Waals surface area contributed by atoms with E-state index in [1.54, 1.807) is 42.2 Å². The Morgan fingerprint density at radius 3 is 2.71 bits per heavy atom. The number of fused-ring (bicyclic) bond motifs is 1. The van der Waals surface area contributed by atoms with Gasteiger partial charge in [0.05, 0.1) is 11.4 Å². The summed E-state index contributed by atoms with van der Waals surface area (Å²) in [5.74, 6) is 0.183. The highest BCUT2D eigenvalue weighted by Gasteiger charge is 2.31. The summed E-state index contributed by atoms with van der Waals surface area (Å²) in [6, 6.07) is 13.8. The van der Waals surface area contributed by atoms with E-state index in [9.17, 15) is 14.7 Å². The lowest BCUT2D eigenvalue weighted by Gasteiger charge is -2.32. The molecule has 0 aromatic heterocycles. The van der Waals surface area contributed by atoms with Crippen LogP contribution in [0.4, 0.5) is 11.4 Å². The highest BCUT2D eigenvalue weighted by atomic mass is 16.5. The monoisotopic (exact) mass is 326 g/mol. The number of carbonyl (C=O) groups is 2. The average Bonchev–Trinajstić information content (AvgIpc) is 2.57. The zero-order chi connectivity index (χ0) is 17.1. The fourth-order valence-electron chi connectivity index (χ4n) is 2.59. The van der Waals surface area contributed by atoms with E-state index in [4.69, 9.17) is 4.74 Å². The number of rotatable bonds is 4. The van der Waals surface area contributed by atoms with Gasteiger partial charge >= 0.3 is 0 Å². The number of nitrogens with one attached hydrogen (secondary N) is 1. The highest BCUT2D eigenvalue weighted by molar-refractivity contribution is 6.01. The third kappa shape index (κ3) is 3.17. The van der Waals surface area contributed by atoms with Crippen molar-refractivity contribution in [3.63, 3.8) is 0 Å². The van der Waals surface area contributed by atoms with Crippen molar-refractivity contribution in [2.24, 2.45) is 0 Å². The average molecular weight is 326 g/mol. The Morgan fingerprint density at radius 1 is 1.21 bits per heavy atom. The number of anilines is 2. The number of hydrogen-bond donors (Lipinski definition) is 2. The van der Waals surface area contributed by atoms with Gasteiger partial charge in [-0.2, -0.15) is 0 Å². The molecule has 1 atom stereocenters. The summed E-state index contributed by atoms with van der Waals surface area (Å²) < 4.78 is 5.57. The first-order chi connectivity index (χ1) is 11.6. The summed E-state index contributed by atoms with van der Waals surface area (Å²) in [7, 11) is 0. The molecule has 6 heteroatoms. The molecular formula is C18H18N2O4. The van der Waals surface area contributed by atoms with Crippen LogP contribution in [0.5, 0.6) is 11.5 Å². The number of benzene rings is 2. The van der Waals surface area contributed by atoms with Crippen LogP contribution in [0.15, 0.2) is 48.5 Å². The lowest BCUT2D eigenvalue weighted by molar-refractivity contribution is -0.125. The summed E-state index contributed by atoms with van der Waals surface area (Å²) in [5.41, 5.74) is 1.01. The Labute approximate surface area is 139 Å². The standard InChI is InChI=1S/C18H18N2O4/c1-12-18(23)20(14-7-3-5-9-16(14)24-12)11-10-17(22)19-13-6-2-4-8-15(13)21/h2-9,12,21H,10-11H2,1H3,(H,19,22). The second kappa shape index (κ2) is 6.62. The zero-order valence-corrected chi connectivity index (χ0v) is 13.2. The van der Waals surface area contributed by atoms with Gasteiger partial charge in [-0.15, -0.1) is 0 Å². The molecule has 1 aliphatic rings. The fraction of sp³-hybridized carbons (Fsp3) is 0.222. The minimum absolute atomic E-state index is 0.00673. The van der Waals surface area contributed by atoms with Crippen LogP contribution in [0.1, 0.15) is 13.3 Å². The van der Waals surface area contributed by atoms with Crippen LogP contribution >= 0.6 is 0 Å². The molecule has 2 N–H and O–H groups in total. The number of phenols is 1. The van der Waals surface area contributed by atoms with Crippen molar-refractivity contribution < 1.29 is 19.4 Å². The largest absolute Gasteiger partial charge is 0.506 e. The number of amides is 2. The molecule has 1 unspecified atom stereocenters. The topological polar surface area (TPSA) is 78.9 Å². The Balaban J connectivity index is 1.68. The number of hydrogen-bond acceptors (Lipinski definition) is 4. The molecule has 0 aliphatic carbocycles. The van der Waals surface area contributed by atoms with Crippen molar-refractivity contribution >= 4 is 23.2 Å². The lowest BCUT2D eigenvalue weighted by Crippen LogP contribution is -2.45. The minimum Gasteiger partial charge on any atom is -0.506 e. The predicted molar refractivity (Wildman–Crippen MR) is 90.2 cm³/mol. The smallest absolute Gasteiger partial charge is 0.267 e. The normalized spacial score (nSPS) is 16.3. The maximum Gasteiger partial charge on any atom is 0.267 e. The van der Waals surface area contributed by atoms with Crippen molar-refractivity contribution in [2.45, 2.75) is 19.4 Å². The molecule has 0 radical (unpaired) electrons. The summed E-state index contributed by atoms with van der Waals surface area (Å²) in [6.45, 7) is 1.93. The maximum atomic E-state index is 12.3. The molecule has 2 aromatic rings. The summed E-state index contributed by atoms with van der Waals surface area (Å²) in [6.07, 6.45) is -0.470. The van der Waals surface area contributed by atoms with Crippen LogP contribution in [-0.2, 0) is 9.59 Å². The number of para-hydroxylation sites is 4. The summed E-state index contributed by atoms with van der Waals surface area (Å²) >= 11 is 0. The van der Waals surface area contributed by atoms with E-state index in [0.29, 0.717) is 17.1 Å². The minimum atomic E-state index is -0.582. The van der Waals surface area contributed by atoms with Gasteiger partial charge in [0.2, 0.25) is 5.91 Å². The Bertz CT molecular complexity index is 775. The van der Waals surface area contributed by atoms with Crippen LogP contribution in [0.2, 0.25) is 0 Å². The van der Waals surface area contributed by atoms with Gasteiger partial charge in [0.1, 0.15) is 11.5 Å². The molecule has 24 heavy (non-hydrogen) atoms. The Hall–Kier alpha value is -3.02. The van der Waals surface area contributed by atoms with Gasteiger partial charge in [0.15, 0.2) is 6.10 Å². The van der Waals surface area contributed by atoms with E-state index in [2.05, 4.69) is 5.32 Å². The molecule has 1 heterocycles. The predicted octanol–water partition coefficient (Wildman–Crippen LogP) is 2.53. The van der Waals surface area contributed by atoms with E-state index in [-0.39, 0.29) is 30.5 Å². The SMILES string of the molecule is CC1Oc2ccccc2N(CCC(=O)Nc2ccccc2O)C1=O. The van der Waals surface area contributed by atoms with Gasteiger partial charge in [-0.1, -0.05) is 24.3 Å². The molecule has 1 aliphatic heterocycles. The lowest BCUT2D eigenvalue weighted by atomic mass is 10.1. The maximum absolute atomic E-state index is 12.3. The van der Waals surface area contributed by atoms with Gasteiger partial charge in [-0.3, -0.25) is 9.59 Å². The fourth-order valence-corrected chi connectivity index (χ4v) is 2.59. The third-order valence-electron chi connectivity index (χ3n) is 3.81. The van der Waals surface area contributed by atoms with Crippen molar-refractivity contribution in [1.82, 2.24) is 0 Å². The number of carbonyl (C=O) groups excluding carboxylic acids is 2. The van der Waals surface area contributed by atoms with Crippen molar-refractivity contribution in [3.8, 4) is 11.5 Å². The molecule has 3 rings (SSSR count). The van der Waals surface area contributed by atoms with Gasteiger partial charge in [0.25, 0.3) is 5.91 Å². The van der Waals surface area contributed by atoms with Gasteiger partial charge in [-0.05, 0) is 31.2 Å². The molecule has 124 valence electrons. The molecular weight excluding hydrogens is 308 g/mol. The second-order valence-corrected chi connectivity index (χ2v) is 5.53. The number of nitrogens with zero attached hydrogens (tertiary/aromatic N) is 1. The molecule has 0 saturated carbocycles. The quantitative estimate of drug-likeness (QED) is 0.846. The van der Waals surface area contributed by atoms with Crippen LogP contribution < -0.4 is 15.0 Å². The number of phenolic OH excluding ortho intramolecular Hbond substituents is 1. The summed E-state index contributed by atoms with van der Waals surface area (Å²) in [5, 5.41) is 12.3. The molecule has 2 aromatic carbocycles. The zero-order valence-electron chi connectivity index (χ0n) is 13.2. The number of aromatic hydroxyl groups is 1. The molecule has 0 spiro atoms. The second-order valence-electron chi connectivity index (χ2n) is 5.53. The van der Waals surface area contributed by atoms with Gasteiger partial charge < -0.3 is 20.1 Å². The van der Waals surface area contributed by atoms with E-state index in [1.165, 1.54) is 6.07 Å². The summed E-state index contributed by atoms with van der Waals surface area (Å²) in [4.78, 5) is 26.0. The van der Waals surface area contributed by atoms with E-state index in [1.807, 2.05) is 12.1 Å². The first-order valence-electron chi connectivity index (χ1n) is 7.71. The number of ether oxygens (including phenoxy) is 1. The van der Waals surface area contributed by atoms with Crippen LogP contribution in [-0.4, -0.2) is 29.6 Å². The van der Waals surface area contributed by atoms with E-state index in [0.717, 1.165) is 0 Å². The van der Waals surface area contributed by atoms with E-state index < -0.39 is 6.10 Å². The van der Waals surface area contributed by atoms with Crippen LogP contribution in [0, 0.1) is 0 Å². The molecule has 0 bridgehead atoms. The molecule has 2 amide bonds. The third-order valence-corrected chi connectivity index (χ3v) is 3.81. The van der Waals surface area contributed by atoms with E-state index >= 15 is 0 Å². The first-order valence-corrected chi connectivity index (χ1v) is 7.71. The van der Waals surface area contributed by atoms with Gasteiger partial charge in [0, 0.05) is 13.0 Å². The molecule has 0 fully saturated rings. The molecule has 0 saturated heterocycles. The Morgan fingerprint density at radius 2 is 1.92 bits per heavy atom. The van der Waals surface area contributed by atoms with Crippen molar-refractivity contribution in [3.05, 3.63) is 48.5 Å². The van der Waals surface area contributed by atoms with Crippen molar-refractivity contribution in [2.75, 3.05) is 16.8 Å². The van der Waals surface area contributed by atoms with Crippen LogP contribution in [0.3, 0.4) is 0 Å².